The van der Waals surface area contributed by atoms with Crippen molar-refractivity contribution in [2.24, 2.45) is 5.92 Å². The Kier molecular flexibility index (Phi) is 3.92. The molecule has 1 amide bonds. The summed E-state index contributed by atoms with van der Waals surface area (Å²) in [5, 5.41) is 14.0. The standard InChI is InChI=1S/C9H16N2O2/c1-7-4-8(7)5-10-6-9(13)11-2-3-12/h4,8,10,12H,2-3,5-6H2,1H3,(H,11,13). The zero-order chi connectivity index (χ0) is 9.68. The van der Waals surface area contributed by atoms with Gasteiger partial charge in [-0.2, -0.15) is 0 Å². The van der Waals surface area contributed by atoms with Gasteiger partial charge >= 0.3 is 0 Å². The first-order valence-corrected chi connectivity index (χ1v) is 4.50. The summed E-state index contributed by atoms with van der Waals surface area (Å²) in [7, 11) is 0. The molecule has 0 aromatic heterocycles. The van der Waals surface area contributed by atoms with E-state index < -0.39 is 0 Å². The molecule has 4 nitrogen and oxygen atoms in total. The van der Waals surface area contributed by atoms with Gasteiger partial charge in [-0.25, -0.2) is 0 Å². The number of carbonyl (C=O) groups excluding carboxylic acids is 1. The van der Waals surface area contributed by atoms with Crippen LogP contribution in [0.15, 0.2) is 11.6 Å². The van der Waals surface area contributed by atoms with Crippen LogP contribution in [0.4, 0.5) is 0 Å². The molecule has 13 heavy (non-hydrogen) atoms. The van der Waals surface area contributed by atoms with Gasteiger partial charge in [-0.15, -0.1) is 0 Å². The second kappa shape index (κ2) is 4.99. The van der Waals surface area contributed by atoms with Crippen molar-refractivity contribution in [3.05, 3.63) is 11.6 Å². The first-order chi connectivity index (χ1) is 6.24. The van der Waals surface area contributed by atoms with E-state index in [1.54, 1.807) is 0 Å². The van der Waals surface area contributed by atoms with Crippen molar-refractivity contribution in [3.8, 4) is 0 Å². The van der Waals surface area contributed by atoms with Crippen LogP contribution < -0.4 is 10.6 Å². The van der Waals surface area contributed by atoms with Crippen LogP contribution in [0.1, 0.15) is 6.92 Å². The van der Waals surface area contributed by atoms with E-state index in [0.717, 1.165) is 6.54 Å². The van der Waals surface area contributed by atoms with Crippen LogP contribution in [0.3, 0.4) is 0 Å². The molecule has 0 aromatic rings. The van der Waals surface area contributed by atoms with Crippen molar-refractivity contribution in [2.75, 3.05) is 26.2 Å². The molecule has 0 aromatic carbocycles. The number of carbonyl (C=O) groups is 1. The minimum atomic E-state index is -0.0626. The number of rotatable bonds is 6. The molecule has 0 heterocycles. The largest absolute Gasteiger partial charge is 0.395 e. The molecule has 0 fully saturated rings. The third-order valence-corrected chi connectivity index (χ3v) is 2.02. The summed E-state index contributed by atoms with van der Waals surface area (Å²) < 4.78 is 0. The molecule has 0 saturated carbocycles. The second-order valence-corrected chi connectivity index (χ2v) is 3.22. The van der Waals surface area contributed by atoms with E-state index in [4.69, 9.17) is 5.11 Å². The normalized spacial score (nSPS) is 19.5. The molecule has 0 radical (unpaired) electrons. The number of aliphatic hydroxyl groups is 1. The van der Waals surface area contributed by atoms with E-state index in [2.05, 4.69) is 23.6 Å². The van der Waals surface area contributed by atoms with Crippen LogP contribution in [0.25, 0.3) is 0 Å². The lowest BCUT2D eigenvalue weighted by atomic mass is 10.3. The minimum absolute atomic E-state index is 0.00493. The molecule has 1 aliphatic rings. The molecule has 1 rings (SSSR count). The van der Waals surface area contributed by atoms with Gasteiger partial charge in [0.15, 0.2) is 0 Å². The zero-order valence-electron chi connectivity index (χ0n) is 7.84. The van der Waals surface area contributed by atoms with Gasteiger partial charge in [0.1, 0.15) is 0 Å². The Balaban J connectivity index is 1.90. The van der Waals surface area contributed by atoms with E-state index in [1.165, 1.54) is 5.57 Å². The summed E-state index contributed by atoms with van der Waals surface area (Å²) in [6.45, 7) is 3.59. The smallest absolute Gasteiger partial charge is 0.234 e. The third kappa shape index (κ3) is 4.05. The van der Waals surface area contributed by atoms with Gasteiger partial charge in [-0.1, -0.05) is 11.6 Å². The maximum Gasteiger partial charge on any atom is 0.234 e. The lowest BCUT2D eigenvalue weighted by Gasteiger charge is -2.04. The fourth-order valence-electron chi connectivity index (χ4n) is 1.09. The Morgan fingerprint density at radius 2 is 2.38 bits per heavy atom. The molecular weight excluding hydrogens is 168 g/mol. The van der Waals surface area contributed by atoms with Crippen molar-refractivity contribution in [1.29, 1.82) is 0 Å². The quantitative estimate of drug-likeness (QED) is 0.476. The molecule has 74 valence electrons. The summed E-state index contributed by atoms with van der Waals surface area (Å²) in [4.78, 5) is 11.0. The van der Waals surface area contributed by atoms with Crippen LogP contribution in [0.2, 0.25) is 0 Å². The monoisotopic (exact) mass is 184 g/mol. The molecule has 0 saturated heterocycles. The number of aliphatic hydroxyl groups excluding tert-OH is 1. The second-order valence-electron chi connectivity index (χ2n) is 3.22. The summed E-state index contributed by atoms with van der Waals surface area (Å²) in [6.07, 6.45) is 2.17. The van der Waals surface area contributed by atoms with E-state index in [0.29, 0.717) is 19.0 Å². The Labute approximate surface area is 78.0 Å². The van der Waals surface area contributed by atoms with Crippen LogP contribution in [0, 0.1) is 5.92 Å². The van der Waals surface area contributed by atoms with Gasteiger partial charge < -0.3 is 15.7 Å². The first kappa shape index (κ1) is 10.2. The van der Waals surface area contributed by atoms with Crippen LogP contribution >= 0.6 is 0 Å². The lowest BCUT2D eigenvalue weighted by molar-refractivity contribution is -0.120. The number of hydrogen-bond acceptors (Lipinski definition) is 3. The topological polar surface area (TPSA) is 61.4 Å². The fraction of sp³-hybridized carbons (Fsp3) is 0.667. The fourth-order valence-corrected chi connectivity index (χ4v) is 1.09. The summed E-state index contributed by atoms with van der Waals surface area (Å²) in [5.41, 5.74) is 1.39. The van der Waals surface area contributed by atoms with Gasteiger partial charge in [-0.3, -0.25) is 4.79 Å². The van der Waals surface area contributed by atoms with Crippen LogP contribution in [-0.2, 0) is 4.79 Å². The maximum atomic E-state index is 11.0. The van der Waals surface area contributed by atoms with Crippen molar-refractivity contribution in [3.63, 3.8) is 0 Å². The van der Waals surface area contributed by atoms with Crippen molar-refractivity contribution in [1.82, 2.24) is 10.6 Å². The molecule has 0 bridgehead atoms. The number of nitrogens with one attached hydrogen (secondary N) is 2. The molecule has 4 heteroatoms. The Morgan fingerprint density at radius 3 is 2.92 bits per heavy atom. The van der Waals surface area contributed by atoms with E-state index >= 15 is 0 Å². The highest BCUT2D eigenvalue weighted by atomic mass is 16.3. The van der Waals surface area contributed by atoms with E-state index in [-0.39, 0.29) is 12.5 Å². The predicted molar refractivity (Wildman–Crippen MR) is 50.2 cm³/mol. The molecule has 3 N–H and O–H groups in total. The highest BCUT2D eigenvalue weighted by molar-refractivity contribution is 5.77. The van der Waals surface area contributed by atoms with Crippen LogP contribution in [-0.4, -0.2) is 37.3 Å². The Bertz CT molecular complexity index is 214. The molecule has 1 unspecified atom stereocenters. The minimum Gasteiger partial charge on any atom is -0.395 e. The summed E-state index contributed by atoms with van der Waals surface area (Å²) in [6, 6.07) is 0. The first-order valence-electron chi connectivity index (χ1n) is 4.50. The average molecular weight is 184 g/mol. The van der Waals surface area contributed by atoms with Crippen molar-refractivity contribution in [2.45, 2.75) is 6.92 Å². The van der Waals surface area contributed by atoms with E-state index in [1.807, 2.05) is 0 Å². The summed E-state index contributed by atoms with van der Waals surface area (Å²) >= 11 is 0. The molecule has 1 aliphatic carbocycles. The van der Waals surface area contributed by atoms with Crippen LogP contribution in [0.5, 0.6) is 0 Å². The van der Waals surface area contributed by atoms with Gasteiger partial charge in [0, 0.05) is 19.0 Å². The predicted octanol–water partition coefficient (Wildman–Crippen LogP) is -0.739. The number of hydrogen-bond donors (Lipinski definition) is 3. The maximum absolute atomic E-state index is 11.0. The van der Waals surface area contributed by atoms with Gasteiger partial charge in [-0.05, 0) is 6.92 Å². The lowest BCUT2D eigenvalue weighted by Crippen LogP contribution is -2.36. The average Bonchev–Trinajstić information content (AvgIpc) is 2.79. The Hall–Kier alpha value is -0.870. The Morgan fingerprint density at radius 1 is 1.69 bits per heavy atom. The van der Waals surface area contributed by atoms with Gasteiger partial charge in [0.2, 0.25) is 5.91 Å². The molecular formula is C9H16N2O2. The molecule has 1 atom stereocenters. The van der Waals surface area contributed by atoms with Gasteiger partial charge in [0.25, 0.3) is 0 Å². The zero-order valence-corrected chi connectivity index (χ0v) is 7.84. The molecule has 0 spiro atoms. The third-order valence-electron chi connectivity index (χ3n) is 2.02. The SMILES string of the molecule is CC1=CC1CNCC(=O)NCCO. The highest BCUT2D eigenvalue weighted by Gasteiger charge is 2.18. The van der Waals surface area contributed by atoms with Crippen molar-refractivity contribution >= 4 is 5.91 Å². The number of amides is 1. The summed E-state index contributed by atoms with van der Waals surface area (Å²) in [5.74, 6) is 0.498. The van der Waals surface area contributed by atoms with Gasteiger partial charge in [0.05, 0.1) is 13.2 Å². The van der Waals surface area contributed by atoms with E-state index in [9.17, 15) is 4.79 Å². The van der Waals surface area contributed by atoms with Crippen molar-refractivity contribution < 1.29 is 9.90 Å². The highest BCUT2D eigenvalue weighted by Crippen LogP contribution is 2.26. The molecule has 0 aliphatic heterocycles.